The summed E-state index contributed by atoms with van der Waals surface area (Å²) in [5.41, 5.74) is 0.263. The van der Waals surface area contributed by atoms with Crippen molar-refractivity contribution < 1.29 is 13.2 Å². The summed E-state index contributed by atoms with van der Waals surface area (Å²) in [6.07, 6.45) is -3.44. The molecule has 88 valence electrons. The average molecular weight is 229 g/mol. The van der Waals surface area contributed by atoms with Gasteiger partial charge >= 0.3 is 6.18 Å². The Morgan fingerprint density at radius 2 is 1.94 bits per heavy atom. The van der Waals surface area contributed by atoms with Crippen LogP contribution in [0.15, 0.2) is 18.2 Å². The zero-order valence-corrected chi connectivity index (χ0v) is 9.28. The van der Waals surface area contributed by atoms with Crippen LogP contribution in [0.5, 0.6) is 0 Å². The van der Waals surface area contributed by atoms with Crippen molar-refractivity contribution in [3.05, 3.63) is 29.3 Å². The Hall–Kier alpha value is -1.19. The van der Waals surface area contributed by atoms with E-state index in [1.54, 1.807) is 6.07 Å². The van der Waals surface area contributed by atoms with Gasteiger partial charge in [-0.1, -0.05) is 26.0 Å². The van der Waals surface area contributed by atoms with E-state index in [9.17, 15) is 13.2 Å². The van der Waals surface area contributed by atoms with E-state index in [0.717, 1.165) is 18.1 Å². The van der Waals surface area contributed by atoms with E-state index in [1.807, 2.05) is 13.8 Å². The molecule has 0 saturated heterocycles. The molecule has 0 fully saturated rings. The summed E-state index contributed by atoms with van der Waals surface area (Å²) < 4.78 is 38.4. The quantitative estimate of drug-likeness (QED) is 0.713. The zero-order chi connectivity index (χ0) is 12.0. The van der Waals surface area contributed by atoms with Gasteiger partial charge in [0, 0.05) is 6.54 Å². The predicted molar refractivity (Wildman–Crippen MR) is 57.6 cm³/mol. The van der Waals surface area contributed by atoms with E-state index in [-0.39, 0.29) is 11.1 Å². The second-order valence-electron chi connectivity index (χ2n) is 4.79. The Balaban J connectivity index is 2.61. The average Bonchev–Trinajstić information content (AvgIpc) is 2.15. The summed E-state index contributed by atoms with van der Waals surface area (Å²) >= 11 is 0. The standard InChI is InChI=1S/C12H14F3N/c1-11(2)6-7-16-10-8(11)4-3-5-9(10)12(13,14)15/h3-5,16H,6-7H2,1-2H3. The molecule has 1 aliphatic rings. The summed E-state index contributed by atoms with van der Waals surface area (Å²) in [5.74, 6) is 0. The van der Waals surface area contributed by atoms with Crippen LogP contribution in [-0.2, 0) is 11.6 Å². The van der Waals surface area contributed by atoms with Gasteiger partial charge in [0.05, 0.1) is 11.3 Å². The Bertz CT molecular complexity index is 393. The Morgan fingerprint density at radius 3 is 2.56 bits per heavy atom. The van der Waals surface area contributed by atoms with E-state index in [4.69, 9.17) is 0 Å². The monoisotopic (exact) mass is 229 g/mol. The van der Waals surface area contributed by atoms with Gasteiger partial charge in [-0.3, -0.25) is 0 Å². The number of para-hydroxylation sites is 1. The molecule has 1 N–H and O–H groups in total. The van der Waals surface area contributed by atoms with Gasteiger partial charge in [0.25, 0.3) is 0 Å². The molecule has 4 heteroatoms. The first kappa shape index (κ1) is 11.3. The topological polar surface area (TPSA) is 12.0 Å². The minimum absolute atomic E-state index is 0.193. The molecule has 0 unspecified atom stereocenters. The summed E-state index contributed by atoms with van der Waals surface area (Å²) in [6.45, 7) is 4.55. The van der Waals surface area contributed by atoms with Crippen LogP contribution in [0, 0.1) is 0 Å². The molecule has 1 heterocycles. The molecule has 1 nitrogen and oxygen atoms in total. The van der Waals surface area contributed by atoms with Gasteiger partial charge in [0.2, 0.25) is 0 Å². The lowest BCUT2D eigenvalue weighted by molar-refractivity contribution is -0.137. The Kier molecular flexibility index (Phi) is 2.40. The van der Waals surface area contributed by atoms with Crippen molar-refractivity contribution in [2.75, 3.05) is 11.9 Å². The first-order valence-corrected chi connectivity index (χ1v) is 5.27. The maximum absolute atomic E-state index is 12.8. The van der Waals surface area contributed by atoms with Crippen molar-refractivity contribution in [3.63, 3.8) is 0 Å². The minimum atomic E-state index is -4.29. The molecular weight excluding hydrogens is 215 g/mol. The summed E-state index contributed by atoms with van der Waals surface area (Å²) in [6, 6.07) is 4.39. The van der Waals surface area contributed by atoms with Crippen LogP contribution in [-0.4, -0.2) is 6.54 Å². The fourth-order valence-electron chi connectivity index (χ4n) is 2.18. The lowest BCUT2D eigenvalue weighted by atomic mass is 9.77. The van der Waals surface area contributed by atoms with Crippen molar-refractivity contribution >= 4 is 5.69 Å². The third kappa shape index (κ3) is 1.77. The molecule has 0 bridgehead atoms. The van der Waals surface area contributed by atoms with Crippen LogP contribution in [0.1, 0.15) is 31.4 Å². The van der Waals surface area contributed by atoms with Crippen LogP contribution in [0.25, 0.3) is 0 Å². The lowest BCUT2D eigenvalue weighted by Gasteiger charge is -2.34. The van der Waals surface area contributed by atoms with Crippen LogP contribution < -0.4 is 5.32 Å². The smallest absolute Gasteiger partial charge is 0.384 e. The first-order chi connectivity index (χ1) is 7.32. The fourth-order valence-corrected chi connectivity index (χ4v) is 2.18. The van der Waals surface area contributed by atoms with E-state index >= 15 is 0 Å². The Labute approximate surface area is 92.7 Å². The minimum Gasteiger partial charge on any atom is -0.384 e. The molecule has 0 saturated carbocycles. The molecule has 0 radical (unpaired) electrons. The maximum atomic E-state index is 12.8. The molecule has 0 atom stereocenters. The summed E-state index contributed by atoms with van der Waals surface area (Å²) in [4.78, 5) is 0. The van der Waals surface area contributed by atoms with Crippen molar-refractivity contribution in [3.8, 4) is 0 Å². The van der Waals surface area contributed by atoms with E-state index in [1.165, 1.54) is 6.07 Å². The van der Waals surface area contributed by atoms with Gasteiger partial charge in [-0.25, -0.2) is 0 Å². The molecule has 0 spiro atoms. The summed E-state index contributed by atoms with van der Waals surface area (Å²) in [5, 5.41) is 2.87. The summed E-state index contributed by atoms with van der Waals surface area (Å²) in [7, 11) is 0. The third-order valence-corrected chi connectivity index (χ3v) is 3.15. The second kappa shape index (κ2) is 3.40. The number of benzene rings is 1. The highest BCUT2D eigenvalue weighted by molar-refractivity contribution is 5.62. The number of hydrogen-bond donors (Lipinski definition) is 1. The maximum Gasteiger partial charge on any atom is 0.418 e. The molecule has 0 aliphatic carbocycles. The van der Waals surface area contributed by atoms with Crippen LogP contribution >= 0.6 is 0 Å². The fraction of sp³-hybridized carbons (Fsp3) is 0.500. The number of rotatable bonds is 0. The number of fused-ring (bicyclic) bond motifs is 1. The largest absolute Gasteiger partial charge is 0.418 e. The SMILES string of the molecule is CC1(C)CCNc2c(C(F)(F)F)cccc21. The zero-order valence-electron chi connectivity index (χ0n) is 9.28. The molecular formula is C12H14F3N. The van der Waals surface area contributed by atoms with Crippen molar-refractivity contribution in [2.45, 2.75) is 31.9 Å². The van der Waals surface area contributed by atoms with Gasteiger partial charge in [0.1, 0.15) is 0 Å². The molecule has 0 aromatic heterocycles. The van der Waals surface area contributed by atoms with Gasteiger partial charge in [-0.2, -0.15) is 13.2 Å². The van der Waals surface area contributed by atoms with Gasteiger partial charge in [-0.05, 0) is 23.5 Å². The second-order valence-corrected chi connectivity index (χ2v) is 4.79. The predicted octanol–water partition coefficient (Wildman–Crippen LogP) is 3.80. The van der Waals surface area contributed by atoms with Gasteiger partial charge < -0.3 is 5.32 Å². The van der Waals surface area contributed by atoms with E-state index < -0.39 is 11.7 Å². The number of alkyl halides is 3. The third-order valence-electron chi connectivity index (χ3n) is 3.15. The first-order valence-electron chi connectivity index (χ1n) is 5.27. The van der Waals surface area contributed by atoms with Crippen LogP contribution in [0.2, 0.25) is 0 Å². The van der Waals surface area contributed by atoms with Crippen molar-refractivity contribution in [1.29, 1.82) is 0 Å². The molecule has 2 rings (SSSR count). The van der Waals surface area contributed by atoms with E-state index in [2.05, 4.69) is 5.32 Å². The molecule has 1 aromatic carbocycles. The van der Waals surface area contributed by atoms with Crippen molar-refractivity contribution in [2.24, 2.45) is 0 Å². The van der Waals surface area contributed by atoms with Gasteiger partial charge in [0.15, 0.2) is 0 Å². The van der Waals surface area contributed by atoms with Gasteiger partial charge in [-0.15, -0.1) is 0 Å². The molecule has 1 aliphatic heterocycles. The Morgan fingerprint density at radius 1 is 1.25 bits per heavy atom. The lowest BCUT2D eigenvalue weighted by Crippen LogP contribution is -2.30. The normalized spacial score (nSPS) is 18.8. The van der Waals surface area contributed by atoms with Crippen molar-refractivity contribution in [1.82, 2.24) is 0 Å². The molecule has 16 heavy (non-hydrogen) atoms. The van der Waals surface area contributed by atoms with Crippen LogP contribution in [0.4, 0.5) is 18.9 Å². The molecule has 1 aromatic rings. The highest BCUT2D eigenvalue weighted by Gasteiger charge is 2.38. The van der Waals surface area contributed by atoms with E-state index in [0.29, 0.717) is 6.54 Å². The number of nitrogens with one attached hydrogen (secondary N) is 1. The van der Waals surface area contributed by atoms with Crippen LogP contribution in [0.3, 0.4) is 0 Å². The number of anilines is 1. The highest BCUT2D eigenvalue weighted by Crippen LogP contribution is 2.43. The molecule has 0 amide bonds. The number of halogens is 3. The number of hydrogen-bond acceptors (Lipinski definition) is 1. The highest BCUT2D eigenvalue weighted by atomic mass is 19.4.